The summed E-state index contributed by atoms with van der Waals surface area (Å²) in [5.74, 6) is 0.186. The fraction of sp³-hybridized carbons (Fsp3) is 0.167. The molecule has 0 radical (unpaired) electrons. The van der Waals surface area contributed by atoms with Gasteiger partial charge in [0.15, 0.2) is 5.60 Å². The predicted molar refractivity (Wildman–Crippen MR) is 104 cm³/mol. The first-order valence-corrected chi connectivity index (χ1v) is 10.3. The molecule has 26 heavy (non-hydrogen) atoms. The first-order valence-electron chi connectivity index (χ1n) is 7.57. The summed E-state index contributed by atoms with van der Waals surface area (Å²) in [6.07, 6.45) is 0. The van der Waals surface area contributed by atoms with Crippen LogP contribution in [0.15, 0.2) is 51.8 Å². The van der Waals surface area contributed by atoms with Crippen LogP contribution in [0.4, 0.5) is 0 Å². The number of ether oxygens (including phenoxy) is 1. The Morgan fingerprint density at radius 1 is 1.12 bits per heavy atom. The van der Waals surface area contributed by atoms with Gasteiger partial charge in [0.05, 0.1) is 10.5 Å². The maximum absolute atomic E-state index is 12.9. The van der Waals surface area contributed by atoms with E-state index in [1.807, 2.05) is 0 Å². The summed E-state index contributed by atoms with van der Waals surface area (Å²) in [7, 11) is -3.87. The summed E-state index contributed by atoms with van der Waals surface area (Å²) in [5.41, 5.74) is 0.540. The van der Waals surface area contributed by atoms with Gasteiger partial charge in [-0.2, -0.15) is 0 Å². The van der Waals surface area contributed by atoms with Crippen molar-refractivity contribution < 1.29 is 17.9 Å². The zero-order valence-corrected chi connectivity index (χ0v) is 17.1. The Balaban J connectivity index is 2.22. The second-order valence-electron chi connectivity index (χ2n) is 6.35. The lowest BCUT2D eigenvalue weighted by Crippen LogP contribution is -2.29. The van der Waals surface area contributed by atoms with Crippen molar-refractivity contribution in [3.8, 4) is 0 Å². The molecule has 0 saturated heterocycles. The quantitative estimate of drug-likeness (QED) is 0.756. The van der Waals surface area contributed by atoms with Crippen molar-refractivity contribution in [2.24, 2.45) is 5.14 Å². The number of nitrogens with two attached hydrogens (primary N) is 1. The lowest BCUT2D eigenvalue weighted by Gasteiger charge is -2.18. The number of carbonyl (C=O) groups is 1. The van der Waals surface area contributed by atoms with E-state index >= 15 is 0 Å². The van der Waals surface area contributed by atoms with Crippen LogP contribution in [0.3, 0.4) is 0 Å². The number of ketones is 1. The summed E-state index contributed by atoms with van der Waals surface area (Å²) in [6.45, 7) is 3.36. The highest BCUT2D eigenvalue weighted by Crippen LogP contribution is 2.42. The zero-order chi connectivity index (χ0) is 19.3. The Kier molecular flexibility index (Phi) is 4.77. The van der Waals surface area contributed by atoms with E-state index in [9.17, 15) is 13.2 Å². The highest BCUT2D eigenvalue weighted by molar-refractivity contribution is 9.10. The molecule has 2 N–H and O–H groups in total. The van der Waals surface area contributed by atoms with Crippen LogP contribution in [0.1, 0.15) is 25.0 Å². The largest absolute Gasteiger partial charge is 0.478 e. The third-order valence-electron chi connectivity index (χ3n) is 3.97. The van der Waals surface area contributed by atoms with Crippen LogP contribution in [-0.2, 0) is 19.6 Å². The average molecular weight is 457 g/mol. The van der Waals surface area contributed by atoms with Crippen LogP contribution < -0.4 is 5.14 Å². The van der Waals surface area contributed by atoms with E-state index in [2.05, 4.69) is 15.9 Å². The molecule has 0 saturated carbocycles. The topological polar surface area (TPSA) is 86.5 Å². The maximum Gasteiger partial charge on any atom is 0.239 e. The number of sulfonamides is 1. The molecule has 0 unspecified atom stereocenters. The minimum atomic E-state index is -3.87. The summed E-state index contributed by atoms with van der Waals surface area (Å²) in [6, 6.07) is 11.4. The van der Waals surface area contributed by atoms with Crippen molar-refractivity contribution in [1.82, 2.24) is 0 Å². The molecule has 1 heterocycles. The summed E-state index contributed by atoms with van der Waals surface area (Å²) in [4.78, 5) is 12.8. The molecule has 1 aliphatic rings. The predicted octanol–water partition coefficient (Wildman–Crippen LogP) is 4.00. The molecule has 2 aromatic rings. The van der Waals surface area contributed by atoms with E-state index in [4.69, 9.17) is 21.5 Å². The van der Waals surface area contributed by atoms with Crippen molar-refractivity contribution in [1.29, 1.82) is 0 Å². The van der Waals surface area contributed by atoms with E-state index in [0.717, 1.165) is 0 Å². The molecule has 1 aliphatic heterocycles. The van der Waals surface area contributed by atoms with Gasteiger partial charge in [0.1, 0.15) is 5.76 Å². The first-order chi connectivity index (χ1) is 12.0. The van der Waals surface area contributed by atoms with E-state index in [1.165, 1.54) is 6.07 Å². The van der Waals surface area contributed by atoms with Crippen LogP contribution in [0, 0.1) is 0 Å². The smallest absolute Gasteiger partial charge is 0.239 e. The Labute approximate surface area is 165 Å². The van der Waals surface area contributed by atoms with Crippen molar-refractivity contribution in [2.45, 2.75) is 24.3 Å². The van der Waals surface area contributed by atoms with Crippen molar-refractivity contribution in [3.63, 3.8) is 0 Å². The summed E-state index contributed by atoms with van der Waals surface area (Å²) < 4.78 is 29.4. The second-order valence-corrected chi connectivity index (χ2v) is 9.17. The molecule has 3 rings (SSSR count). The number of carbonyl (C=O) groups excluding carboxylic acids is 1. The third kappa shape index (κ3) is 3.44. The molecule has 0 bridgehead atoms. The number of hydrogen-bond acceptors (Lipinski definition) is 4. The van der Waals surface area contributed by atoms with Gasteiger partial charge in [-0.05, 0) is 65.7 Å². The molecule has 0 atom stereocenters. The van der Waals surface area contributed by atoms with Gasteiger partial charge in [-0.1, -0.05) is 23.7 Å². The van der Waals surface area contributed by atoms with Crippen molar-refractivity contribution in [2.75, 3.05) is 0 Å². The normalized spacial score (nSPS) is 16.7. The van der Waals surface area contributed by atoms with Crippen LogP contribution in [0.25, 0.3) is 11.3 Å². The Bertz CT molecular complexity index is 1060. The lowest BCUT2D eigenvalue weighted by atomic mass is 9.93. The van der Waals surface area contributed by atoms with Crippen LogP contribution in [0.2, 0.25) is 5.02 Å². The molecule has 2 aromatic carbocycles. The Morgan fingerprint density at radius 3 is 2.38 bits per heavy atom. The first kappa shape index (κ1) is 19.1. The number of halogens is 2. The molecular weight excluding hydrogens is 442 g/mol. The Morgan fingerprint density at radius 2 is 1.81 bits per heavy atom. The number of hydrogen-bond donors (Lipinski definition) is 1. The molecular formula is C18H15BrClNO4S. The molecule has 0 fully saturated rings. The number of primary sulfonamides is 1. The summed E-state index contributed by atoms with van der Waals surface area (Å²) in [5, 5.41) is 5.69. The van der Waals surface area contributed by atoms with Gasteiger partial charge in [-0.25, -0.2) is 13.6 Å². The highest BCUT2D eigenvalue weighted by Gasteiger charge is 2.43. The molecule has 0 spiro atoms. The standard InChI is InChI=1S/C18H15BrClNO4S/c1-18(2)17(22)15(10-4-3-5-12(20)8-10)16(25-18)11-6-7-14(13(19)9-11)26(21,23)24/h3-9H,1-2H3,(H2,21,23,24). The molecule has 5 nitrogen and oxygen atoms in total. The zero-order valence-electron chi connectivity index (χ0n) is 13.9. The van der Waals surface area contributed by atoms with Crippen molar-refractivity contribution >= 4 is 54.7 Å². The van der Waals surface area contributed by atoms with Crippen LogP contribution in [-0.4, -0.2) is 19.8 Å². The fourth-order valence-corrected chi connectivity index (χ4v) is 4.57. The van der Waals surface area contributed by atoms with Crippen LogP contribution in [0.5, 0.6) is 0 Å². The average Bonchev–Trinajstić information content (AvgIpc) is 2.76. The van der Waals surface area contributed by atoms with E-state index in [0.29, 0.717) is 27.5 Å². The monoisotopic (exact) mass is 455 g/mol. The van der Waals surface area contributed by atoms with Crippen LogP contribution >= 0.6 is 27.5 Å². The number of benzene rings is 2. The molecule has 136 valence electrons. The molecule has 0 amide bonds. The SMILES string of the molecule is CC1(C)OC(c2ccc(S(N)(=O)=O)c(Br)c2)=C(c2cccc(Cl)c2)C1=O. The second kappa shape index (κ2) is 6.49. The van der Waals surface area contributed by atoms with E-state index in [1.54, 1.807) is 50.2 Å². The van der Waals surface area contributed by atoms with Gasteiger partial charge in [0.2, 0.25) is 15.8 Å². The van der Waals surface area contributed by atoms with Gasteiger partial charge < -0.3 is 4.74 Å². The number of rotatable bonds is 3. The van der Waals surface area contributed by atoms with Gasteiger partial charge in [0, 0.05) is 15.1 Å². The third-order valence-corrected chi connectivity index (χ3v) is 6.09. The van der Waals surface area contributed by atoms with E-state index in [-0.39, 0.29) is 15.2 Å². The van der Waals surface area contributed by atoms with Gasteiger partial charge in [-0.15, -0.1) is 0 Å². The van der Waals surface area contributed by atoms with E-state index < -0.39 is 15.6 Å². The minimum Gasteiger partial charge on any atom is -0.478 e. The maximum atomic E-state index is 12.9. The molecule has 0 aromatic heterocycles. The highest BCUT2D eigenvalue weighted by atomic mass is 79.9. The minimum absolute atomic E-state index is 0.0465. The summed E-state index contributed by atoms with van der Waals surface area (Å²) >= 11 is 9.29. The van der Waals surface area contributed by atoms with Gasteiger partial charge in [-0.3, -0.25) is 4.79 Å². The lowest BCUT2D eigenvalue weighted by molar-refractivity contribution is -0.125. The Hall–Kier alpha value is -1.67. The van der Waals surface area contributed by atoms with Crippen molar-refractivity contribution in [3.05, 3.63) is 63.1 Å². The number of Topliss-reactive ketones (excluding diaryl/α,β-unsaturated/α-hetero) is 1. The molecule has 8 heteroatoms. The van der Waals surface area contributed by atoms with Gasteiger partial charge in [0.25, 0.3) is 0 Å². The van der Waals surface area contributed by atoms with Gasteiger partial charge >= 0.3 is 0 Å². The molecule has 0 aliphatic carbocycles. The fourth-order valence-electron chi connectivity index (χ4n) is 2.74.